The summed E-state index contributed by atoms with van der Waals surface area (Å²) in [5.41, 5.74) is 0.199. The van der Waals surface area contributed by atoms with Crippen LogP contribution in [-0.2, 0) is 0 Å². The predicted octanol–water partition coefficient (Wildman–Crippen LogP) is 2.04. The molecule has 0 bridgehead atoms. The number of hydrogen-bond acceptors (Lipinski definition) is 2. The number of fused-ring (bicyclic) bond motifs is 1. The number of nitrogens with one attached hydrogen (secondary N) is 1. The molecule has 0 radical (unpaired) electrons. The van der Waals surface area contributed by atoms with Crippen LogP contribution >= 0.6 is 0 Å². The van der Waals surface area contributed by atoms with Crippen LogP contribution in [0.3, 0.4) is 0 Å². The topological polar surface area (TPSA) is 32.3 Å². The molecule has 2 atom stereocenters. The van der Waals surface area contributed by atoms with Crippen LogP contribution in [0.2, 0.25) is 0 Å². The van der Waals surface area contributed by atoms with E-state index >= 15 is 0 Å². The van der Waals surface area contributed by atoms with Crippen molar-refractivity contribution >= 4 is 5.91 Å². The third-order valence-electron chi connectivity index (χ3n) is 4.28. The van der Waals surface area contributed by atoms with Crippen LogP contribution in [0.1, 0.15) is 29.6 Å². The number of halogens is 1. The maximum Gasteiger partial charge on any atom is 0.256 e. The molecule has 0 saturated carbocycles. The number of amides is 1. The Balaban J connectivity index is 1.73. The second kappa shape index (κ2) is 5.29. The molecule has 1 aromatic carbocycles. The van der Waals surface area contributed by atoms with Crippen molar-refractivity contribution in [3.05, 3.63) is 35.6 Å². The Labute approximate surface area is 112 Å². The molecule has 2 aliphatic heterocycles. The minimum absolute atomic E-state index is 0.165. The average molecular weight is 262 g/mol. The number of nitrogens with zero attached hydrogens (tertiary/aromatic N) is 1. The fourth-order valence-corrected chi connectivity index (χ4v) is 3.23. The van der Waals surface area contributed by atoms with Crippen molar-refractivity contribution in [2.24, 2.45) is 5.92 Å². The fraction of sp³-hybridized carbons (Fsp3) is 0.533. The van der Waals surface area contributed by atoms with Crippen LogP contribution in [-0.4, -0.2) is 36.5 Å². The molecule has 3 nitrogen and oxygen atoms in total. The van der Waals surface area contributed by atoms with Crippen molar-refractivity contribution in [2.45, 2.75) is 25.3 Å². The summed E-state index contributed by atoms with van der Waals surface area (Å²) in [5.74, 6) is -0.0586. The zero-order chi connectivity index (χ0) is 13.2. The van der Waals surface area contributed by atoms with Crippen LogP contribution in [0.5, 0.6) is 0 Å². The first-order valence-corrected chi connectivity index (χ1v) is 7.03. The maximum atomic E-state index is 13.7. The summed E-state index contributed by atoms with van der Waals surface area (Å²) in [4.78, 5) is 14.2. The highest BCUT2D eigenvalue weighted by atomic mass is 19.1. The Kier molecular flexibility index (Phi) is 3.51. The van der Waals surface area contributed by atoms with E-state index in [0.717, 1.165) is 26.1 Å². The summed E-state index contributed by atoms with van der Waals surface area (Å²) in [7, 11) is 0. The zero-order valence-electron chi connectivity index (χ0n) is 10.9. The van der Waals surface area contributed by atoms with Gasteiger partial charge in [0.05, 0.1) is 5.56 Å². The Hall–Kier alpha value is -1.42. The molecule has 1 amide bonds. The van der Waals surface area contributed by atoms with Gasteiger partial charge in [-0.25, -0.2) is 4.39 Å². The molecule has 19 heavy (non-hydrogen) atoms. The molecule has 4 heteroatoms. The van der Waals surface area contributed by atoms with Crippen LogP contribution in [0.4, 0.5) is 4.39 Å². The van der Waals surface area contributed by atoms with Crippen LogP contribution < -0.4 is 5.32 Å². The Morgan fingerprint density at radius 1 is 1.32 bits per heavy atom. The minimum atomic E-state index is -0.420. The van der Waals surface area contributed by atoms with Gasteiger partial charge in [-0.3, -0.25) is 4.79 Å². The number of piperidine rings is 2. The normalized spacial score (nSPS) is 26.9. The first kappa shape index (κ1) is 12.6. The quantitative estimate of drug-likeness (QED) is 0.840. The smallest absolute Gasteiger partial charge is 0.256 e. The second-order valence-electron chi connectivity index (χ2n) is 5.48. The standard InChI is InChI=1S/C15H19FN2O/c16-13-6-2-1-5-12(13)15(19)18-9-7-14-11(10-18)4-3-8-17-14/h1-2,5-6,11,14,17H,3-4,7-10H2/t11-,14+/m0/s1. The summed E-state index contributed by atoms with van der Waals surface area (Å²) in [6, 6.07) is 6.79. The van der Waals surface area contributed by atoms with Crippen LogP contribution in [0.15, 0.2) is 24.3 Å². The molecule has 1 N–H and O–H groups in total. The van der Waals surface area contributed by atoms with Crippen LogP contribution in [0, 0.1) is 11.7 Å². The molecule has 0 spiro atoms. The van der Waals surface area contributed by atoms with Crippen molar-refractivity contribution in [1.29, 1.82) is 0 Å². The number of rotatable bonds is 1. The zero-order valence-corrected chi connectivity index (χ0v) is 10.9. The first-order valence-electron chi connectivity index (χ1n) is 7.03. The molecule has 2 saturated heterocycles. The van der Waals surface area contributed by atoms with Gasteiger partial charge < -0.3 is 10.2 Å². The van der Waals surface area contributed by atoms with Gasteiger partial charge in [0.1, 0.15) is 5.82 Å². The minimum Gasteiger partial charge on any atom is -0.338 e. The SMILES string of the molecule is O=C(c1ccccc1F)N1CC[C@H]2NCCC[C@H]2C1. The molecule has 1 aromatic rings. The van der Waals surface area contributed by atoms with E-state index in [0.29, 0.717) is 12.0 Å². The molecule has 2 aliphatic rings. The molecule has 3 rings (SSSR count). The Bertz CT molecular complexity index is 477. The van der Waals surface area contributed by atoms with Crippen molar-refractivity contribution in [3.63, 3.8) is 0 Å². The van der Waals surface area contributed by atoms with Crippen molar-refractivity contribution in [3.8, 4) is 0 Å². The maximum absolute atomic E-state index is 13.7. The summed E-state index contributed by atoms with van der Waals surface area (Å²) in [6.07, 6.45) is 3.31. The molecular weight excluding hydrogens is 243 g/mol. The highest BCUT2D eigenvalue weighted by Gasteiger charge is 2.33. The van der Waals surface area contributed by atoms with E-state index in [-0.39, 0.29) is 11.5 Å². The molecule has 102 valence electrons. The van der Waals surface area contributed by atoms with Crippen molar-refractivity contribution < 1.29 is 9.18 Å². The number of hydrogen-bond donors (Lipinski definition) is 1. The Morgan fingerprint density at radius 3 is 3.00 bits per heavy atom. The van der Waals surface area contributed by atoms with E-state index in [1.165, 1.54) is 18.9 Å². The van der Waals surface area contributed by atoms with Crippen molar-refractivity contribution in [1.82, 2.24) is 10.2 Å². The van der Waals surface area contributed by atoms with Gasteiger partial charge in [-0.05, 0) is 43.9 Å². The fourth-order valence-electron chi connectivity index (χ4n) is 3.23. The van der Waals surface area contributed by atoms with E-state index in [1.807, 2.05) is 4.90 Å². The average Bonchev–Trinajstić information content (AvgIpc) is 2.46. The first-order chi connectivity index (χ1) is 9.25. The van der Waals surface area contributed by atoms with Gasteiger partial charge in [0, 0.05) is 19.1 Å². The number of carbonyl (C=O) groups is 1. The van der Waals surface area contributed by atoms with Gasteiger partial charge >= 0.3 is 0 Å². The van der Waals surface area contributed by atoms with Crippen LogP contribution in [0.25, 0.3) is 0 Å². The largest absolute Gasteiger partial charge is 0.338 e. The summed E-state index contributed by atoms with van der Waals surface area (Å²) < 4.78 is 13.7. The number of benzene rings is 1. The lowest BCUT2D eigenvalue weighted by Gasteiger charge is -2.41. The van der Waals surface area contributed by atoms with Gasteiger partial charge in [-0.2, -0.15) is 0 Å². The number of likely N-dealkylation sites (tertiary alicyclic amines) is 1. The van der Waals surface area contributed by atoms with Gasteiger partial charge in [0.25, 0.3) is 5.91 Å². The molecule has 2 fully saturated rings. The van der Waals surface area contributed by atoms with Gasteiger partial charge in [-0.1, -0.05) is 12.1 Å². The van der Waals surface area contributed by atoms with Gasteiger partial charge in [0.15, 0.2) is 0 Å². The number of carbonyl (C=O) groups excluding carboxylic acids is 1. The monoisotopic (exact) mass is 262 g/mol. The highest BCUT2D eigenvalue weighted by molar-refractivity contribution is 5.94. The summed E-state index contributed by atoms with van der Waals surface area (Å²) in [5, 5.41) is 3.52. The second-order valence-corrected chi connectivity index (χ2v) is 5.48. The Morgan fingerprint density at radius 2 is 2.16 bits per heavy atom. The predicted molar refractivity (Wildman–Crippen MR) is 71.4 cm³/mol. The lowest BCUT2D eigenvalue weighted by molar-refractivity contribution is 0.0588. The third-order valence-corrected chi connectivity index (χ3v) is 4.28. The van der Waals surface area contributed by atoms with E-state index < -0.39 is 5.82 Å². The van der Waals surface area contributed by atoms with E-state index in [1.54, 1.807) is 18.2 Å². The summed E-state index contributed by atoms with van der Waals surface area (Å²) in [6.45, 7) is 2.56. The molecule has 0 aromatic heterocycles. The van der Waals surface area contributed by atoms with E-state index in [4.69, 9.17) is 0 Å². The highest BCUT2D eigenvalue weighted by Crippen LogP contribution is 2.26. The van der Waals surface area contributed by atoms with Gasteiger partial charge in [0.2, 0.25) is 0 Å². The van der Waals surface area contributed by atoms with E-state index in [2.05, 4.69) is 5.32 Å². The third kappa shape index (κ3) is 2.50. The van der Waals surface area contributed by atoms with Crippen molar-refractivity contribution in [2.75, 3.05) is 19.6 Å². The lowest BCUT2D eigenvalue weighted by atomic mass is 9.85. The molecule has 2 heterocycles. The molecule has 0 unspecified atom stereocenters. The summed E-state index contributed by atoms with van der Waals surface area (Å²) >= 11 is 0. The lowest BCUT2D eigenvalue weighted by Crippen LogP contribution is -2.53. The molecular formula is C15H19FN2O. The van der Waals surface area contributed by atoms with Gasteiger partial charge in [-0.15, -0.1) is 0 Å². The van der Waals surface area contributed by atoms with E-state index in [9.17, 15) is 9.18 Å². The molecule has 0 aliphatic carbocycles.